The second-order valence-electron chi connectivity index (χ2n) is 7.27. The minimum Gasteiger partial charge on any atom is -0.455 e. The molecule has 33 heavy (non-hydrogen) atoms. The Bertz CT molecular complexity index is 1330. The molecule has 0 aliphatic carbocycles. The van der Waals surface area contributed by atoms with Crippen molar-refractivity contribution in [3.05, 3.63) is 72.2 Å². The summed E-state index contributed by atoms with van der Waals surface area (Å²) in [4.78, 5) is 19.2. The van der Waals surface area contributed by atoms with Crippen molar-refractivity contribution >= 4 is 23.4 Å². The summed E-state index contributed by atoms with van der Waals surface area (Å²) in [6.45, 7) is 1.79. The highest BCUT2D eigenvalue weighted by atomic mass is 32.2. The first-order valence-electron chi connectivity index (χ1n) is 10.3. The Morgan fingerprint density at radius 1 is 1.09 bits per heavy atom. The van der Waals surface area contributed by atoms with Crippen LogP contribution in [0.1, 0.15) is 25.3 Å². The number of para-hydroxylation sites is 1. The van der Waals surface area contributed by atoms with Gasteiger partial charge in [-0.15, -0.1) is 10.2 Å². The molecule has 0 N–H and O–H groups in total. The predicted molar refractivity (Wildman–Crippen MR) is 122 cm³/mol. The van der Waals surface area contributed by atoms with E-state index in [0.29, 0.717) is 39.2 Å². The molecule has 1 aliphatic rings. The number of halogens is 1. The van der Waals surface area contributed by atoms with Gasteiger partial charge in [0.05, 0.1) is 5.69 Å². The molecule has 0 saturated carbocycles. The number of thioether (sulfide) groups is 1. The predicted octanol–water partition coefficient (Wildman–Crippen LogP) is 5.49. The second-order valence-corrected chi connectivity index (χ2v) is 8.04. The molecule has 0 saturated heterocycles. The van der Waals surface area contributed by atoms with Crippen molar-refractivity contribution in [2.75, 3.05) is 11.2 Å². The van der Waals surface area contributed by atoms with E-state index in [-0.39, 0.29) is 24.0 Å². The summed E-state index contributed by atoms with van der Waals surface area (Å²) in [6, 6.07) is 16.9. The summed E-state index contributed by atoms with van der Waals surface area (Å²) in [6.07, 6.45) is 1.19. The largest absolute Gasteiger partial charge is 0.455 e. The molecule has 5 rings (SSSR count). The zero-order chi connectivity index (χ0) is 22.9. The zero-order valence-corrected chi connectivity index (χ0v) is 18.7. The second kappa shape index (κ2) is 8.67. The van der Waals surface area contributed by atoms with Crippen molar-refractivity contribution in [3.63, 3.8) is 0 Å². The highest BCUT2D eigenvalue weighted by molar-refractivity contribution is 7.98. The lowest BCUT2D eigenvalue weighted by Crippen LogP contribution is -2.37. The molecule has 2 aromatic carbocycles. The van der Waals surface area contributed by atoms with Crippen LogP contribution in [0.3, 0.4) is 0 Å². The highest BCUT2D eigenvalue weighted by Crippen LogP contribution is 2.44. The Labute approximate surface area is 193 Å². The summed E-state index contributed by atoms with van der Waals surface area (Å²) < 4.78 is 25.8. The standard InChI is InChI=1S/C24H19FN4O3S/c1-3-20(30)29-17-7-5-4-6-16(17)21-22(26-24(33-2)28-27-21)32-23(29)19-13-12-18(31-19)14-8-10-15(25)11-9-14/h4-13,23H,3H2,1-2H3. The van der Waals surface area contributed by atoms with Crippen LogP contribution in [0.5, 0.6) is 5.88 Å². The fourth-order valence-corrected chi connectivity index (χ4v) is 3.98. The van der Waals surface area contributed by atoms with Crippen molar-refractivity contribution in [2.24, 2.45) is 0 Å². The van der Waals surface area contributed by atoms with Crippen molar-refractivity contribution in [1.82, 2.24) is 15.2 Å². The lowest BCUT2D eigenvalue weighted by Gasteiger charge is -2.29. The van der Waals surface area contributed by atoms with E-state index >= 15 is 0 Å². The number of benzene rings is 2. The average Bonchev–Trinajstić information content (AvgIpc) is 3.29. The van der Waals surface area contributed by atoms with Crippen molar-refractivity contribution < 1.29 is 18.3 Å². The number of carbonyl (C=O) groups is 1. The number of rotatable bonds is 4. The number of fused-ring (bicyclic) bond motifs is 3. The van der Waals surface area contributed by atoms with Gasteiger partial charge in [-0.2, -0.15) is 4.98 Å². The highest BCUT2D eigenvalue weighted by Gasteiger charge is 2.37. The van der Waals surface area contributed by atoms with Gasteiger partial charge in [0.1, 0.15) is 11.6 Å². The number of carbonyl (C=O) groups excluding carboxylic acids is 1. The van der Waals surface area contributed by atoms with E-state index in [2.05, 4.69) is 15.2 Å². The summed E-state index contributed by atoms with van der Waals surface area (Å²) in [5, 5.41) is 8.94. The third-order valence-electron chi connectivity index (χ3n) is 5.26. The lowest BCUT2D eigenvalue weighted by atomic mass is 10.1. The third kappa shape index (κ3) is 3.84. The molecule has 0 fully saturated rings. The van der Waals surface area contributed by atoms with Gasteiger partial charge in [-0.1, -0.05) is 36.9 Å². The molecule has 1 aliphatic heterocycles. The molecule has 0 spiro atoms. The number of amides is 1. The first-order chi connectivity index (χ1) is 16.1. The third-order valence-corrected chi connectivity index (χ3v) is 5.80. The molecule has 2 aromatic heterocycles. The van der Waals surface area contributed by atoms with Crippen LogP contribution >= 0.6 is 11.8 Å². The molecule has 1 amide bonds. The normalized spacial score (nSPS) is 14.8. The molecule has 3 heterocycles. The Hall–Kier alpha value is -3.72. The van der Waals surface area contributed by atoms with Crippen LogP contribution in [0, 0.1) is 5.82 Å². The maximum Gasteiger partial charge on any atom is 0.247 e. The van der Waals surface area contributed by atoms with E-state index in [1.54, 1.807) is 36.1 Å². The Kier molecular flexibility index (Phi) is 5.55. The summed E-state index contributed by atoms with van der Waals surface area (Å²) in [5.41, 5.74) is 2.47. The van der Waals surface area contributed by atoms with Crippen molar-refractivity contribution in [2.45, 2.75) is 24.7 Å². The molecule has 1 atom stereocenters. The minimum absolute atomic E-state index is 0.155. The maximum absolute atomic E-state index is 13.4. The molecular weight excluding hydrogens is 443 g/mol. The van der Waals surface area contributed by atoms with Crippen LogP contribution in [0.25, 0.3) is 22.6 Å². The molecule has 0 radical (unpaired) electrons. The first-order valence-corrected chi connectivity index (χ1v) is 11.5. The fourth-order valence-electron chi connectivity index (χ4n) is 3.68. The number of furan rings is 1. The van der Waals surface area contributed by atoms with E-state index in [4.69, 9.17) is 9.15 Å². The molecule has 9 heteroatoms. The van der Waals surface area contributed by atoms with Crippen LogP contribution < -0.4 is 9.64 Å². The molecule has 7 nitrogen and oxygen atoms in total. The molecule has 166 valence electrons. The monoisotopic (exact) mass is 462 g/mol. The van der Waals surface area contributed by atoms with E-state index in [1.807, 2.05) is 30.5 Å². The fraction of sp³-hybridized carbons (Fsp3) is 0.167. The van der Waals surface area contributed by atoms with Gasteiger partial charge in [-0.05, 0) is 48.7 Å². The van der Waals surface area contributed by atoms with Gasteiger partial charge >= 0.3 is 0 Å². The molecule has 0 bridgehead atoms. The number of anilines is 1. The zero-order valence-electron chi connectivity index (χ0n) is 17.9. The quantitative estimate of drug-likeness (QED) is 0.371. The Balaban J connectivity index is 1.67. The van der Waals surface area contributed by atoms with E-state index in [9.17, 15) is 9.18 Å². The van der Waals surface area contributed by atoms with E-state index in [1.165, 1.54) is 23.9 Å². The van der Waals surface area contributed by atoms with Crippen LogP contribution in [0.2, 0.25) is 0 Å². The number of aromatic nitrogens is 3. The number of hydrogen-bond donors (Lipinski definition) is 0. The van der Waals surface area contributed by atoms with Crippen LogP contribution in [0.15, 0.2) is 70.2 Å². The maximum atomic E-state index is 13.4. The van der Waals surface area contributed by atoms with E-state index < -0.39 is 6.23 Å². The summed E-state index contributed by atoms with van der Waals surface area (Å²) >= 11 is 1.34. The van der Waals surface area contributed by atoms with Gasteiger partial charge in [0.25, 0.3) is 0 Å². The van der Waals surface area contributed by atoms with Gasteiger partial charge in [0.15, 0.2) is 11.5 Å². The van der Waals surface area contributed by atoms with Crippen molar-refractivity contribution in [3.8, 4) is 28.5 Å². The van der Waals surface area contributed by atoms with Gasteiger partial charge in [0, 0.05) is 17.5 Å². The number of nitrogens with zero attached hydrogens (tertiary/aromatic N) is 4. The Morgan fingerprint density at radius 2 is 1.88 bits per heavy atom. The smallest absolute Gasteiger partial charge is 0.247 e. The lowest BCUT2D eigenvalue weighted by molar-refractivity contribution is -0.120. The van der Waals surface area contributed by atoms with Gasteiger partial charge < -0.3 is 9.15 Å². The van der Waals surface area contributed by atoms with Gasteiger partial charge in [0.2, 0.25) is 23.2 Å². The first kappa shape index (κ1) is 21.1. The van der Waals surface area contributed by atoms with Gasteiger partial charge in [-0.3, -0.25) is 9.69 Å². The average molecular weight is 463 g/mol. The van der Waals surface area contributed by atoms with Crippen molar-refractivity contribution in [1.29, 1.82) is 0 Å². The van der Waals surface area contributed by atoms with Gasteiger partial charge in [-0.25, -0.2) is 4.39 Å². The number of hydrogen-bond acceptors (Lipinski definition) is 7. The van der Waals surface area contributed by atoms with E-state index in [0.717, 1.165) is 0 Å². The van der Waals surface area contributed by atoms with Crippen LogP contribution in [-0.2, 0) is 4.79 Å². The summed E-state index contributed by atoms with van der Waals surface area (Å²) in [7, 11) is 0. The summed E-state index contributed by atoms with van der Waals surface area (Å²) in [5.74, 6) is 0.710. The molecule has 1 unspecified atom stereocenters. The Morgan fingerprint density at radius 3 is 2.64 bits per heavy atom. The molecule has 4 aromatic rings. The SMILES string of the molecule is CCC(=O)N1c2ccccc2-c2nnc(SC)nc2OC1c1ccc(-c2ccc(F)cc2)o1. The molecular formula is C24H19FN4O3S. The minimum atomic E-state index is -0.916. The topological polar surface area (TPSA) is 81.4 Å². The van der Waals surface area contributed by atoms with Crippen LogP contribution in [0.4, 0.5) is 10.1 Å². The number of ether oxygens (including phenoxy) is 1. The van der Waals surface area contributed by atoms with Crippen LogP contribution in [-0.4, -0.2) is 27.3 Å².